The van der Waals surface area contributed by atoms with E-state index >= 15 is 0 Å². The van der Waals surface area contributed by atoms with Crippen LogP contribution >= 0.6 is 19.9 Å². The van der Waals surface area contributed by atoms with Crippen molar-refractivity contribution < 1.29 is 80.1 Å². The minimum Gasteiger partial charge on any atom is -0.309 e. The van der Waals surface area contributed by atoms with Gasteiger partial charge in [-0.05, 0) is 309 Å². The predicted molar refractivity (Wildman–Crippen MR) is 605 cm³/mol. The fraction of sp³-hybridized carbons (Fsp3) is 0.0615. The van der Waals surface area contributed by atoms with Crippen molar-refractivity contribution in [1.82, 2.24) is 37.4 Å². The summed E-state index contributed by atoms with van der Waals surface area (Å²) in [5, 5.41) is 19.1. The van der Waals surface area contributed by atoms with E-state index in [0.717, 1.165) is 61.1 Å². The van der Waals surface area contributed by atoms with Crippen molar-refractivity contribution in [2.45, 2.75) is 49.7 Å². The third-order valence-electron chi connectivity index (χ3n) is 31.5. The zero-order valence-corrected chi connectivity index (χ0v) is 94.3. The Morgan fingerprint density at radius 1 is 0.287 bits per heavy atom. The van der Waals surface area contributed by atoms with E-state index in [1.54, 1.807) is 0 Å². The van der Waals surface area contributed by atoms with Crippen LogP contribution in [0, 0.1) is 0 Å². The normalized spacial score (nSPS) is 15.3. The molecule has 20 aromatic carbocycles. The van der Waals surface area contributed by atoms with E-state index in [-0.39, 0.29) is 51.4 Å². The second-order valence-electron chi connectivity index (χ2n) is 39.6. The summed E-state index contributed by atoms with van der Waals surface area (Å²) in [6.07, 6.45) is 0. The summed E-state index contributed by atoms with van der Waals surface area (Å²) in [4.78, 5) is 19.5. The van der Waals surface area contributed by atoms with E-state index in [1.807, 2.05) is 6.07 Å². The zero-order chi connectivity index (χ0) is 100. The van der Waals surface area contributed by atoms with Crippen LogP contribution in [0.3, 0.4) is 0 Å². The van der Waals surface area contributed by atoms with E-state index in [4.69, 9.17) is 45.6 Å². The molecule has 26 aromatic rings. The summed E-state index contributed by atoms with van der Waals surface area (Å²) in [6, 6.07) is 167. The Labute approximate surface area is 959 Å². The summed E-state index contributed by atoms with van der Waals surface area (Å²) >= 11 is 9.03. The van der Waals surface area contributed by atoms with Crippen LogP contribution in [0.4, 0.5) is 0 Å². The first-order valence-corrected chi connectivity index (χ1v) is 68.1. The number of rotatable bonds is 9. The molecule has 14 nitrogen and oxygen atoms in total. The van der Waals surface area contributed by atoms with Gasteiger partial charge in [0.05, 0.1) is 88.8 Å². The number of fused-ring (bicyclic) bond motifs is 36. The molecule has 1 fully saturated rings. The second-order valence-corrected chi connectivity index (χ2v) is 40.7. The van der Waals surface area contributed by atoms with Crippen molar-refractivity contribution >= 4 is 205 Å². The second kappa shape index (κ2) is 38.8. The van der Waals surface area contributed by atoms with Crippen LogP contribution < -0.4 is 67.0 Å². The molecule has 0 bridgehead atoms. The van der Waals surface area contributed by atoms with Gasteiger partial charge in [0.1, 0.15) is 22.5 Å². The van der Waals surface area contributed by atoms with E-state index in [9.17, 15) is 0 Å². The third-order valence-corrected chi connectivity index (χ3v) is 31.8. The fourth-order valence-corrected chi connectivity index (χ4v) is 24.7. The molecule has 702 valence electrons. The first kappa shape index (κ1) is 97.2. The van der Waals surface area contributed by atoms with Gasteiger partial charge in [-0.3, -0.25) is 9.13 Å². The molecule has 9 heterocycles. The molecular formula is C130H88BClK3N8O6P. The van der Waals surface area contributed by atoms with Gasteiger partial charge in [0.2, 0.25) is 0 Å². The SMILES string of the molecule is CC1(C)OB(c2ccc3c(c2)c2cc(-c4ccc5c(c4)c4ccccc4n5-c4ccccc4)ccc2n3-c2ccccc2)OC1(C)C.Clc1ccc2c(c1)C1(c3ccccc3-2)c2ccccc2-n2c1nc1ccccc12.O=[P+]([O-])O[O-].[K+].[K][K].c1ccc(-n2c3ccccc3c3cc(-c4ccc5c(c4)c4cc(-c6ccc7c(c6)C6(c8ccccc8-7)c7ccccc7-n7c6nc6ccccc67)ccc4n5-c4ccccc4)ccc32)cc1. The number of benzene rings is 20. The molecule has 3 unspecified atom stereocenters. The zero-order valence-electron chi connectivity index (χ0n) is 83.3. The van der Waals surface area contributed by atoms with Gasteiger partial charge >= 0.3 is 130 Å². The monoisotopic (exact) mass is 2050 g/mol. The third kappa shape index (κ3) is 15.3. The molecule has 0 N–H and O–H groups in total. The standard InChI is InChI=1S/C62H38N4.C42H35BN2O2.C26H15ClN2.3K.HO4P/c1-3-15-43(16-4-1)64-55-24-12-8-20-47(55)48-35-39(28-32-56(48)64)40-29-33-57-49(36-40)50-37-41(30-34-58(50)65(57)44-17-5-2-6-18-44)42-27-31-46-45-19-7-9-21-51(45)62(53(46)38-42)52-22-10-13-25-59(52)66-60-26-14-11-23-54(60)63-61(62)66;1-41(2)42(3,4)47-43(46-41)30-21-24-40-36(27-30)35-26-29(20-23-39(35)45(40)32-15-9-6-10-16-32)28-19-22-38-34(25-28)33-17-11-12-18-37(33)44(38)31-13-7-5-8-14-31;27-16-13-14-18-17-7-1-2-8-19(17)26(21(18)15-16)20-9-3-5-11-23(20)29-24-12-6-4-10-22(24)28-25(26)29;;;;1-4-5(2)3/h1-38H;5-27H,1-4H3;1-15H;;;;1H/q;;;;;+1;/p-1. The fourth-order valence-electron chi connectivity index (χ4n) is 24.5. The van der Waals surface area contributed by atoms with Crippen LogP contribution in [0.2, 0.25) is 5.02 Å². The summed E-state index contributed by atoms with van der Waals surface area (Å²) < 4.78 is 38.5. The molecule has 2 spiro atoms. The predicted octanol–water partition coefficient (Wildman–Crippen LogP) is 26.0. The van der Waals surface area contributed by atoms with Crippen LogP contribution in [-0.2, 0) is 29.4 Å². The van der Waals surface area contributed by atoms with E-state index < -0.39 is 37.4 Å². The Morgan fingerprint density at radius 3 is 0.940 bits per heavy atom. The van der Waals surface area contributed by atoms with Crippen LogP contribution in [0.5, 0.6) is 0 Å². The average molecular weight is 2050 g/mol. The van der Waals surface area contributed by atoms with Crippen molar-refractivity contribution in [2.24, 2.45) is 0 Å². The minimum absolute atomic E-state index is 0. The Morgan fingerprint density at radius 2 is 0.560 bits per heavy atom. The van der Waals surface area contributed by atoms with Crippen LogP contribution in [0.15, 0.2) is 461 Å². The van der Waals surface area contributed by atoms with Crippen LogP contribution in [-0.4, -0.2) is 119 Å². The van der Waals surface area contributed by atoms with Crippen molar-refractivity contribution in [1.29, 1.82) is 0 Å². The molecular weight excluding hydrogens is 1960 g/mol. The Hall–Kier alpha value is -12.3. The summed E-state index contributed by atoms with van der Waals surface area (Å²) in [7, 11) is -3.58. The Bertz CT molecular complexity index is 9990. The first-order chi connectivity index (χ1) is 73.1. The van der Waals surface area contributed by atoms with Gasteiger partial charge in [-0.2, -0.15) is 0 Å². The van der Waals surface area contributed by atoms with Gasteiger partial charge in [0.25, 0.3) is 0 Å². The number of hydrogen-bond donors (Lipinski definition) is 0. The topological polar surface area (TPSA) is 146 Å². The van der Waals surface area contributed by atoms with Crippen molar-refractivity contribution in [3.8, 4) is 89.8 Å². The van der Waals surface area contributed by atoms with Crippen molar-refractivity contribution in [2.75, 3.05) is 0 Å². The molecule has 31 rings (SSSR count). The number of halogens is 1. The van der Waals surface area contributed by atoms with Crippen molar-refractivity contribution in [3.63, 3.8) is 0 Å². The molecule has 150 heavy (non-hydrogen) atoms. The Balaban J connectivity index is 0.000000117. The molecule has 3 atom stereocenters. The van der Waals surface area contributed by atoms with Gasteiger partial charge in [-0.25, -0.2) is 14.6 Å². The molecule has 0 saturated carbocycles. The van der Waals surface area contributed by atoms with Gasteiger partial charge in [0, 0.05) is 70.9 Å². The number of imidazole rings is 2. The van der Waals surface area contributed by atoms with E-state index in [0.29, 0.717) is 0 Å². The minimum atomic E-state index is -3.15. The molecule has 3 aliphatic heterocycles. The maximum absolute atomic E-state index is 8.87. The molecule has 0 amide bonds. The number of hydrogen-bond acceptors (Lipinski definition) is 8. The number of para-hydroxylation sites is 12. The Kier molecular flexibility index (Phi) is 25.1. The van der Waals surface area contributed by atoms with Gasteiger partial charge in [0.15, 0.2) is 0 Å². The molecule has 2 aliphatic carbocycles. The summed E-state index contributed by atoms with van der Waals surface area (Å²) in [5.41, 5.74) is 39.8. The van der Waals surface area contributed by atoms with Gasteiger partial charge in [-0.15, -0.1) is 0 Å². The largest absolute Gasteiger partial charge is 0.309 e. The summed E-state index contributed by atoms with van der Waals surface area (Å²) in [5.74, 6) is 2.11. The quantitative estimate of drug-likeness (QED) is 0.0601. The molecule has 1 saturated heterocycles. The number of aromatic nitrogens is 8. The molecule has 5 aliphatic rings. The molecule has 6 aromatic heterocycles. The molecule has 20 heteroatoms. The first-order valence-electron chi connectivity index (χ1n) is 50.7. The van der Waals surface area contributed by atoms with Gasteiger partial charge < -0.3 is 37.7 Å². The van der Waals surface area contributed by atoms with Crippen molar-refractivity contribution in [3.05, 3.63) is 511 Å². The maximum Gasteiger partial charge on any atom is 0.134 e. The molecule has 0 radical (unpaired) electrons. The maximum atomic E-state index is 8.87. The van der Waals surface area contributed by atoms with Crippen LogP contribution in [0.1, 0.15) is 72.7 Å². The van der Waals surface area contributed by atoms with Gasteiger partial charge in [-0.1, -0.05) is 291 Å². The smallest absolute Gasteiger partial charge is 0.134 e. The summed E-state index contributed by atoms with van der Waals surface area (Å²) in [6.45, 7) is 8.42. The van der Waals surface area contributed by atoms with Crippen LogP contribution in [0.25, 0.3) is 199 Å². The number of nitrogens with zero attached hydrogens (tertiary/aromatic N) is 8. The van der Waals surface area contributed by atoms with E-state index in [2.05, 4.69) is 515 Å². The average Bonchev–Trinajstić information content (AvgIpc) is 1.50. The van der Waals surface area contributed by atoms with E-state index in [1.165, 1.54) is 257 Å².